The number of anilines is 3. The van der Waals surface area contributed by atoms with Crippen molar-refractivity contribution in [2.24, 2.45) is 0 Å². The van der Waals surface area contributed by atoms with E-state index in [0.717, 1.165) is 59.7 Å². The number of hydrogen-bond donors (Lipinski definition) is 4. The van der Waals surface area contributed by atoms with Crippen LogP contribution in [-0.4, -0.2) is 41.7 Å². The second-order valence-corrected chi connectivity index (χ2v) is 9.04. The van der Waals surface area contributed by atoms with Crippen LogP contribution in [0.5, 0.6) is 5.75 Å². The lowest BCUT2D eigenvalue weighted by Gasteiger charge is -2.13. The molecule has 34 heavy (non-hydrogen) atoms. The lowest BCUT2D eigenvalue weighted by molar-refractivity contribution is 0.414. The van der Waals surface area contributed by atoms with E-state index in [9.17, 15) is 0 Å². The molecule has 1 aliphatic rings. The van der Waals surface area contributed by atoms with Crippen LogP contribution in [0.2, 0.25) is 0 Å². The average Bonchev–Trinajstić information content (AvgIpc) is 3.30. The highest BCUT2D eigenvalue weighted by atomic mass is 79.9. The molecule has 0 radical (unpaired) electrons. The molecule has 0 amide bonds. The van der Waals surface area contributed by atoms with Crippen LogP contribution < -0.4 is 20.7 Å². The van der Waals surface area contributed by atoms with Gasteiger partial charge in [-0.05, 0) is 70.7 Å². The van der Waals surface area contributed by atoms with Crippen molar-refractivity contribution in [2.75, 3.05) is 37.4 Å². The van der Waals surface area contributed by atoms with Gasteiger partial charge in [-0.2, -0.15) is 4.98 Å². The van der Waals surface area contributed by atoms with Gasteiger partial charge >= 0.3 is 0 Å². The fraction of sp³-hybridized carbons (Fsp3) is 0.231. The van der Waals surface area contributed by atoms with Crippen LogP contribution in [-0.2, 0) is 6.42 Å². The Morgan fingerprint density at radius 3 is 2.82 bits per heavy atom. The van der Waals surface area contributed by atoms with E-state index in [0.29, 0.717) is 5.95 Å². The summed E-state index contributed by atoms with van der Waals surface area (Å²) in [6.07, 6.45) is 8.07. The zero-order valence-electron chi connectivity index (χ0n) is 19.0. The average molecular weight is 519 g/mol. The summed E-state index contributed by atoms with van der Waals surface area (Å²) in [5.74, 6) is 2.16. The minimum absolute atomic E-state index is 0.544. The zero-order chi connectivity index (χ0) is 23.3. The summed E-state index contributed by atoms with van der Waals surface area (Å²) in [4.78, 5) is 12.5. The summed E-state index contributed by atoms with van der Waals surface area (Å²) in [6, 6.07) is 14.4. The number of hydrogen-bond acceptors (Lipinski definition) is 6. The van der Waals surface area contributed by atoms with Gasteiger partial charge in [-0.15, -0.1) is 0 Å². The number of aromatic nitrogens is 3. The van der Waals surface area contributed by atoms with Gasteiger partial charge in [0.1, 0.15) is 11.6 Å². The molecule has 0 bridgehead atoms. The number of halogens is 1. The number of nitrogens with one attached hydrogen (secondary N) is 4. The number of fused-ring (bicyclic) bond motifs is 1. The predicted octanol–water partition coefficient (Wildman–Crippen LogP) is 5.50. The number of methoxy groups -OCH3 is 1. The Balaban J connectivity index is 1.26. The van der Waals surface area contributed by atoms with E-state index >= 15 is 0 Å². The molecule has 0 saturated heterocycles. The first-order valence-electron chi connectivity index (χ1n) is 11.4. The van der Waals surface area contributed by atoms with Crippen molar-refractivity contribution in [3.63, 3.8) is 0 Å². The number of ether oxygens (including phenoxy) is 1. The minimum atomic E-state index is 0.544. The zero-order valence-corrected chi connectivity index (χ0v) is 20.6. The van der Waals surface area contributed by atoms with Crippen molar-refractivity contribution in [3.8, 4) is 5.75 Å². The van der Waals surface area contributed by atoms with E-state index < -0.39 is 0 Å². The largest absolute Gasteiger partial charge is 0.497 e. The van der Waals surface area contributed by atoms with Crippen LogP contribution in [0.15, 0.2) is 65.4 Å². The quantitative estimate of drug-likeness (QED) is 0.246. The molecule has 0 saturated carbocycles. The third-order valence-electron chi connectivity index (χ3n) is 5.96. The molecule has 3 heterocycles. The maximum Gasteiger partial charge on any atom is 0.229 e. The fourth-order valence-corrected chi connectivity index (χ4v) is 4.47. The maximum absolute atomic E-state index is 5.22. The molecule has 0 spiro atoms. The Labute approximate surface area is 207 Å². The molecule has 0 unspecified atom stereocenters. The van der Waals surface area contributed by atoms with Gasteiger partial charge in [0, 0.05) is 47.6 Å². The van der Waals surface area contributed by atoms with Crippen LogP contribution in [0.25, 0.3) is 16.5 Å². The third-order valence-corrected chi connectivity index (χ3v) is 6.54. The highest BCUT2D eigenvalue weighted by Gasteiger charge is 2.12. The second kappa shape index (κ2) is 10.3. The van der Waals surface area contributed by atoms with E-state index in [4.69, 9.17) is 4.74 Å². The van der Waals surface area contributed by atoms with Gasteiger partial charge in [0.15, 0.2) is 0 Å². The molecular formula is C26H27BrN6O. The SMILES string of the molecule is COc1ccc(CCNc2nc(Nc3ccc4c(C5=CCNCC5)c[nH]c4c3)ncc2Br)cc1. The Morgan fingerprint density at radius 1 is 1.15 bits per heavy atom. The number of H-pyrrole nitrogens is 1. The number of nitrogens with zero attached hydrogens (tertiary/aromatic N) is 2. The Bertz CT molecular complexity index is 1310. The predicted molar refractivity (Wildman–Crippen MR) is 142 cm³/mol. The molecule has 0 atom stereocenters. The molecule has 4 aromatic rings. The van der Waals surface area contributed by atoms with Gasteiger partial charge in [0.25, 0.3) is 0 Å². The van der Waals surface area contributed by atoms with Crippen molar-refractivity contribution in [1.29, 1.82) is 0 Å². The van der Waals surface area contributed by atoms with Gasteiger partial charge in [-0.1, -0.05) is 24.3 Å². The van der Waals surface area contributed by atoms with Crippen LogP contribution in [0.3, 0.4) is 0 Å². The first-order chi connectivity index (χ1) is 16.7. The summed E-state index contributed by atoms with van der Waals surface area (Å²) < 4.78 is 6.05. The van der Waals surface area contributed by atoms with Gasteiger partial charge in [-0.25, -0.2) is 4.98 Å². The van der Waals surface area contributed by atoms with E-state index in [1.54, 1.807) is 13.3 Å². The van der Waals surface area contributed by atoms with Crippen LogP contribution >= 0.6 is 15.9 Å². The molecular weight excluding hydrogens is 492 g/mol. The van der Waals surface area contributed by atoms with Crippen molar-refractivity contribution in [3.05, 3.63) is 76.5 Å². The molecule has 4 N–H and O–H groups in total. The lowest BCUT2D eigenvalue weighted by Crippen LogP contribution is -2.19. The van der Waals surface area contributed by atoms with Gasteiger partial charge in [-0.3, -0.25) is 0 Å². The highest BCUT2D eigenvalue weighted by Crippen LogP contribution is 2.30. The van der Waals surface area contributed by atoms with Gasteiger partial charge in [0.2, 0.25) is 5.95 Å². The fourth-order valence-electron chi connectivity index (χ4n) is 4.13. The summed E-state index contributed by atoms with van der Waals surface area (Å²) in [6.45, 7) is 2.71. The molecule has 1 aliphatic heterocycles. The Hall–Kier alpha value is -3.36. The van der Waals surface area contributed by atoms with Crippen LogP contribution in [0.1, 0.15) is 17.5 Å². The Morgan fingerprint density at radius 2 is 2.03 bits per heavy atom. The normalized spacial score (nSPS) is 13.5. The van der Waals surface area contributed by atoms with Crippen molar-refractivity contribution in [1.82, 2.24) is 20.3 Å². The van der Waals surface area contributed by atoms with Crippen molar-refractivity contribution >= 4 is 49.9 Å². The van der Waals surface area contributed by atoms with E-state index in [1.165, 1.54) is 22.1 Å². The highest BCUT2D eigenvalue weighted by molar-refractivity contribution is 9.10. The Kier molecular flexibility index (Phi) is 6.78. The minimum Gasteiger partial charge on any atom is -0.497 e. The lowest BCUT2D eigenvalue weighted by atomic mass is 9.99. The number of benzene rings is 2. The molecule has 8 heteroatoms. The smallest absolute Gasteiger partial charge is 0.229 e. The topological polar surface area (TPSA) is 86.9 Å². The summed E-state index contributed by atoms with van der Waals surface area (Å²) in [7, 11) is 1.68. The molecule has 7 nitrogen and oxygen atoms in total. The van der Waals surface area contributed by atoms with E-state index in [1.807, 2.05) is 12.1 Å². The molecule has 2 aromatic carbocycles. The van der Waals surface area contributed by atoms with E-state index in [2.05, 4.69) is 89.4 Å². The first-order valence-corrected chi connectivity index (χ1v) is 12.2. The third kappa shape index (κ3) is 5.08. The van der Waals surface area contributed by atoms with E-state index in [-0.39, 0.29) is 0 Å². The molecule has 0 fully saturated rings. The molecule has 5 rings (SSSR count). The molecule has 0 aliphatic carbocycles. The second-order valence-electron chi connectivity index (χ2n) is 8.19. The van der Waals surface area contributed by atoms with Crippen molar-refractivity contribution in [2.45, 2.75) is 12.8 Å². The van der Waals surface area contributed by atoms with Gasteiger partial charge in [0.05, 0.1) is 11.6 Å². The summed E-state index contributed by atoms with van der Waals surface area (Å²) in [5.41, 5.74) is 5.94. The summed E-state index contributed by atoms with van der Waals surface area (Å²) >= 11 is 3.55. The molecule has 174 valence electrons. The number of aromatic amines is 1. The standard InChI is InChI=1S/C26H27BrN6O/c1-34-20-5-2-17(3-6-20)8-13-29-25-23(27)16-31-26(33-25)32-19-4-7-21-22(15-30-24(21)14-19)18-9-11-28-12-10-18/h2-7,9,14-16,28,30H,8,10-13H2,1H3,(H2,29,31,32,33). The maximum atomic E-state index is 5.22. The monoisotopic (exact) mass is 518 g/mol. The first kappa shape index (κ1) is 22.4. The molecule has 2 aromatic heterocycles. The van der Waals surface area contributed by atoms with Crippen LogP contribution in [0.4, 0.5) is 17.5 Å². The number of rotatable bonds is 8. The van der Waals surface area contributed by atoms with Crippen LogP contribution in [0, 0.1) is 0 Å². The van der Waals surface area contributed by atoms with Gasteiger partial charge < -0.3 is 25.7 Å². The van der Waals surface area contributed by atoms with Crippen molar-refractivity contribution < 1.29 is 4.74 Å². The summed E-state index contributed by atoms with van der Waals surface area (Å²) in [5, 5.41) is 11.3.